The average molecular weight is 197 g/mol. The number of likely N-dealkylation sites (tertiary alicyclic amines) is 1. The average Bonchev–Trinajstić information content (AvgIpc) is 2.25. The third kappa shape index (κ3) is 1.10. The first-order valence-corrected chi connectivity index (χ1v) is 5.18. The quantitative estimate of drug-likeness (QED) is 0.655. The Kier molecular flexibility index (Phi) is 2.31. The first-order valence-electron chi connectivity index (χ1n) is 5.18. The van der Waals surface area contributed by atoms with Gasteiger partial charge in [-0.25, -0.2) is 0 Å². The van der Waals surface area contributed by atoms with E-state index in [0.29, 0.717) is 6.42 Å². The fourth-order valence-electron chi connectivity index (χ4n) is 2.31. The zero-order chi connectivity index (χ0) is 10.3. The van der Waals surface area contributed by atoms with E-state index < -0.39 is 0 Å². The minimum atomic E-state index is -0.305. The van der Waals surface area contributed by atoms with Crippen LogP contribution in [0.15, 0.2) is 0 Å². The Bertz CT molecular complexity index is 251. The minimum Gasteiger partial charge on any atom is -0.394 e. The summed E-state index contributed by atoms with van der Waals surface area (Å²) in [4.78, 5) is 24.8. The van der Waals surface area contributed by atoms with Crippen LogP contribution < -0.4 is 0 Å². The first-order chi connectivity index (χ1) is 6.70. The number of carbonyl (C=O) groups excluding carboxylic acids is 2. The molecule has 2 unspecified atom stereocenters. The van der Waals surface area contributed by atoms with E-state index in [1.807, 2.05) is 6.92 Å². The van der Waals surface area contributed by atoms with Crippen molar-refractivity contribution in [1.82, 2.24) is 4.90 Å². The van der Waals surface area contributed by atoms with Crippen LogP contribution in [0.2, 0.25) is 0 Å². The van der Waals surface area contributed by atoms with E-state index in [1.165, 1.54) is 4.90 Å². The van der Waals surface area contributed by atoms with Gasteiger partial charge in [0, 0.05) is 0 Å². The molecule has 1 saturated heterocycles. The second-order valence-electron chi connectivity index (χ2n) is 4.08. The second-order valence-corrected chi connectivity index (χ2v) is 4.08. The number of aliphatic hydroxyl groups is 1. The van der Waals surface area contributed by atoms with Crippen molar-refractivity contribution in [2.45, 2.75) is 32.2 Å². The van der Waals surface area contributed by atoms with Crippen LogP contribution in [0.1, 0.15) is 26.2 Å². The predicted molar refractivity (Wildman–Crippen MR) is 49.2 cm³/mol. The van der Waals surface area contributed by atoms with Gasteiger partial charge in [0.1, 0.15) is 0 Å². The van der Waals surface area contributed by atoms with Crippen LogP contribution in [-0.2, 0) is 9.59 Å². The van der Waals surface area contributed by atoms with Gasteiger partial charge in [-0.15, -0.1) is 0 Å². The van der Waals surface area contributed by atoms with Crippen molar-refractivity contribution in [1.29, 1.82) is 0 Å². The van der Waals surface area contributed by atoms with E-state index >= 15 is 0 Å². The highest BCUT2D eigenvalue weighted by Gasteiger charge is 2.54. The summed E-state index contributed by atoms with van der Waals surface area (Å²) in [5, 5.41) is 9.07. The molecule has 0 aromatic carbocycles. The molecule has 0 aromatic rings. The summed E-state index contributed by atoms with van der Waals surface area (Å²) < 4.78 is 0. The molecule has 3 atom stereocenters. The fraction of sp³-hybridized carbons (Fsp3) is 0.800. The summed E-state index contributed by atoms with van der Waals surface area (Å²) >= 11 is 0. The molecule has 78 valence electrons. The van der Waals surface area contributed by atoms with Gasteiger partial charge in [-0.3, -0.25) is 14.5 Å². The molecule has 1 N–H and O–H groups in total. The topological polar surface area (TPSA) is 57.6 Å². The van der Waals surface area contributed by atoms with Gasteiger partial charge in [-0.2, -0.15) is 0 Å². The predicted octanol–water partition coefficient (Wildman–Crippen LogP) is 0.152. The highest BCUT2D eigenvalue weighted by molar-refractivity contribution is 6.06. The normalized spacial score (nSPS) is 32.9. The van der Waals surface area contributed by atoms with Gasteiger partial charge in [0.2, 0.25) is 11.8 Å². The Morgan fingerprint density at radius 1 is 1.36 bits per heavy atom. The summed E-state index contributed by atoms with van der Waals surface area (Å²) in [6.45, 7) is 1.76. The van der Waals surface area contributed by atoms with E-state index in [2.05, 4.69) is 0 Å². The number of aliphatic hydroxyl groups excluding tert-OH is 1. The lowest BCUT2D eigenvalue weighted by Crippen LogP contribution is -2.42. The Morgan fingerprint density at radius 3 is 2.14 bits per heavy atom. The third-order valence-corrected chi connectivity index (χ3v) is 3.43. The molecule has 14 heavy (non-hydrogen) atoms. The number of rotatable bonds is 3. The first kappa shape index (κ1) is 9.65. The van der Waals surface area contributed by atoms with Crippen LogP contribution >= 0.6 is 0 Å². The van der Waals surface area contributed by atoms with Crippen LogP contribution in [0.4, 0.5) is 0 Å². The van der Waals surface area contributed by atoms with Crippen molar-refractivity contribution < 1.29 is 14.7 Å². The summed E-state index contributed by atoms with van der Waals surface area (Å²) in [5.41, 5.74) is 0. The van der Waals surface area contributed by atoms with Crippen LogP contribution in [0, 0.1) is 11.8 Å². The Balaban J connectivity index is 2.18. The Morgan fingerprint density at radius 2 is 1.86 bits per heavy atom. The number of amides is 2. The maximum Gasteiger partial charge on any atom is 0.233 e. The molecule has 1 aliphatic carbocycles. The van der Waals surface area contributed by atoms with Gasteiger partial charge >= 0.3 is 0 Å². The number of hydrogen-bond acceptors (Lipinski definition) is 3. The third-order valence-electron chi connectivity index (χ3n) is 3.43. The van der Waals surface area contributed by atoms with Gasteiger partial charge in [0.25, 0.3) is 0 Å². The molecule has 0 spiro atoms. The smallest absolute Gasteiger partial charge is 0.233 e. The number of carbonyl (C=O) groups is 2. The molecule has 0 bridgehead atoms. The molecule has 0 aromatic heterocycles. The van der Waals surface area contributed by atoms with Crippen molar-refractivity contribution in [3.05, 3.63) is 0 Å². The Labute approximate surface area is 82.9 Å². The molecule has 1 heterocycles. The molecule has 0 radical (unpaired) electrons. The number of nitrogens with zero attached hydrogens (tertiary/aromatic N) is 1. The standard InChI is InChI=1S/C10H15NO3/c1-2-6(5-12)11-9(13)7-3-4-8(7)10(11)14/h6-8,12H,2-5H2,1H3/t6-,7?,8?/m0/s1. The lowest BCUT2D eigenvalue weighted by molar-refractivity contribution is -0.143. The maximum absolute atomic E-state index is 11.7. The van der Waals surface area contributed by atoms with E-state index in [-0.39, 0.29) is 36.3 Å². The maximum atomic E-state index is 11.7. The molecule has 2 fully saturated rings. The van der Waals surface area contributed by atoms with E-state index in [0.717, 1.165) is 12.8 Å². The SMILES string of the molecule is CC[C@@H](CO)N1C(=O)C2CCC2C1=O. The van der Waals surface area contributed by atoms with Gasteiger partial charge in [-0.05, 0) is 19.3 Å². The van der Waals surface area contributed by atoms with Gasteiger partial charge < -0.3 is 5.11 Å². The summed E-state index contributed by atoms with van der Waals surface area (Å²) in [5.74, 6) is -0.259. The fourth-order valence-corrected chi connectivity index (χ4v) is 2.31. The molecular formula is C10H15NO3. The minimum absolute atomic E-state index is 0.0628. The van der Waals surface area contributed by atoms with Crippen LogP contribution in [-0.4, -0.2) is 34.5 Å². The van der Waals surface area contributed by atoms with Gasteiger partial charge in [-0.1, -0.05) is 6.92 Å². The van der Waals surface area contributed by atoms with Crippen LogP contribution in [0.3, 0.4) is 0 Å². The zero-order valence-corrected chi connectivity index (χ0v) is 8.27. The van der Waals surface area contributed by atoms with Gasteiger partial charge in [0.05, 0.1) is 24.5 Å². The number of hydrogen-bond donors (Lipinski definition) is 1. The molecule has 2 rings (SSSR count). The number of imide groups is 1. The monoisotopic (exact) mass is 197 g/mol. The van der Waals surface area contributed by atoms with E-state index in [9.17, 15) is 9.59 Å². The number of fused-ring (bicyclic) bond motifs is 1. The highest BCUT2D eigenvalue weighted by atomic mass is 16.3. The van der Waals surface area contributed by atoms with E-state index in [1.54, 1.807) is 0 Å². The van der Waals surface area contributed by atoms with Crippen molar-refractivity contribution in [2.24, 2.45) is 11.8 Å². The largest absolute Gasteiger partial charge is 0.394 e. The molecule has 4 heteroatoms. The summed E-state index contributed by atoms with van der Waals surface area (Å²) in [6, 6.07) is -0.305. The van der Waals surface area contributed by atoms with Crippen molar-refractivity contribution in [2.75, 3.05) is 6.61 Å². The Hall–Kier alpha value is -0.900. The van der Waals surface area contributed by atoms with Crippen molar-refractivity contribution in [3.8, 4) is 0 Å². The molecule has 1 aliphatic heterocycles. The van der Waals surface area contributed by atoms with Crippen molar-refractivity contribution >= 4 is 11.8 Å². The summed E-state index contributed by atoms with van der Waals surface area (Å²) in [6.07, 6.45) is 2.31. The molecule has 2 aliphatic rings. The lowest BCUT2D eigenvalue weighted by Gasteiger charge is -2.24. The zero-order valence-electron chi connectivity index (χ0n) is 8.27. The summed E-state index contributed by atoms with van der Waals surface area (Å²) in [7, 11) is 0. The molecule has 2 amide bonds. The van der Waals surface area contributed by atoms with Crippen LogP contribution in [0.25, 0.3) is 0 Å². The molecule has 1 saturated carbocycles. The van der Waals surface area contributed by atoms with Crippen molar-refractivity contribution in [3.63, 3.8) is 0 Å². The van der Waals surface area contributed by atoms with Crippen LogP contribution in [0.5, 0.6) is 0 Å². The molecular weight excluding hydrogens is 182 g/mol. The highest BCUT2D eigenvalue weighted by Crippen LogP contribution is 2.43. The van der Waals surface area contributed by atoms with Gasteiger partial charge in [0.15, 0.2) is 0 Å². The lowest BCUT2D eigenvalue weighted by atomic mass is 9.76. The second kappa shape index (κ2) is 3.35. The van der Waals surface area contributed by atoms with E-state index in [4.69, 9.17) is 5.11 Å². The molecule has 4 nitrogen and oxygen atoms in total.